The Morgan fingerprint density at radius 2 is 1.94 bits per heavy atom. The van der Waals surface area contributed by atoms with Gasteiger partial charge >= 0.3 is 0 Å². The maximum absolute atomic E-state index is 5.64. The summed E-state index contributed by atoms with van der Waals surface area (Å²) < 4.78 is 5.64. The zero-order chi connectivity index (χ0) is 12.6. The highest BCUT2D eigenvalue weighted by molar-refractivity contribution is 5.33. The summed E-state index contributed by atoms with van der Waals surface area (Å²) in [5.74, 6) is 1.91. The standard InChI is InChI=1S/C16H25NO/c1-2-18-16-11-7-6-10-15(16)13-17-12-14-8-4-3-5-9-14/h6-7,10-11,14,17H,2-5,8-9,12-13H2,1H3. The van der Waals surface area contributed by atoms with E-state index in [1.807, 2.05) is 13.0 Å². The van der Waals surface area contributed by atoms with Gasteiger partial charge in [0.25, 0.3) is 0 Å². The van der Waals surface area contributed by atoms with E-state index in [9.17, 15) is 0 Å². The van der Waals surface area contributed by atoms with Gasteiger partial charge in [0.15, 0.2) is 0 Å². The summed E-state index contributed by atoms with van der Waals surface area (Å²) in [5, 5.41) is 3.59. The normalized spacial score (nSPS) is 16.7. The molecule has 1 fully saturated rings. The monoisotopic (exact) mass is 247 g/mol. The molecular formula is C16H25NO. The second-order valence-corrected chi connectivity index (χ2v) is 5.18. The molecule has 2 nitrogen and oxygen atoms in total. The molecule has 0 amide bonds. The van der Waals surface area contributed by atoms with Crippen molar-refractivity contribution in [1.82, 2.24) is 5.32 Å². The first-order valence-corrected chi connectivity index (χ1v) is 7.31. The van der Waals surface area contributed by atoms with Crippen molar-refractivity contribution < 1.29 is 4.74 Å². The molecule has 1 aromatic carbocycles. The minimum absolute atomic E-state index is 0.736. The van der Waals surface area contributed by atoms with Crippen LogP contribution >= 0.6 is 0 Å². The van der Waals surface area contributed by atoms with Crippen molar-refractivity contribution in [2.75, 3.05) is 13.2 Å². The summed E-state index contributed by atoms with van der Waals surface area (Å²) in [6.45, 7) is 4.85. The summed E-state index contributed by atoms with van der Waals surface area (Å²) in [4.78, 5) is 0. The molecule has 1 saturated carbocycles. The predicted molar refractivity (Wildman–Crippen MR) is 75.9 cm³/mol. The van der Waals surface area contributed by atoms with E-state index in [-0.39, 0.29) is 0 Å². The molecule has 0 heterocycles. The molecule has 1 aromatic rings. The maximum Gasteiger partial charge on any atom is 0.123 e. The fraction of sp³-hybridized carbons (Fsp3) is 0.625. The van der Waals surface area contributed by atoms with Gasteiger partial charge < -0.3 is 10.1 Å². The molecule has 1 aliphatic carbocycles. The number of para-hydroxylation sites is 1. The average Bonchev–Trinajstić information content (AvgIpc) is 2.42. The van der Waals surface area contributed by atoms with Gasteiger partial charge in [0, 0.05) is 12.1 Å². The molecule has 0 radical (unpaired) electrons. The first-order chi connectivity index (χ1) is 8.90. The van der Waals surface area contributed by atoms with Crippen LogP contribution in [0.1, 0.15) is 44.6 Å². The van der Waals surface area contributed by atoms with E-state index in [2.05, 4.69) is 23.5 Å². The van der Waals surface area contributed by atoms with Crippen molar-refractivity contribution in [2.45, 2.75) is 45.6 Å². The summed E-state index contributed by atoms with van der Waals surface area (Å²) in [5.41, 5.74) is 1.27. The molecule has 0 aromatic heterocycles. The molecule has 0 unspecified atom stereocenters. The summed E-state index contributed by atoms with van der Waals surface area (Å²) in [6.07, 6.45) is 7.08. The fourth-order valence-corrected chi connectivity index (χ4v) is 2.75. The molecule has 100 valence electrons. The van der Waals surface area contributed by atoms with Crippen LogP contribution in [0, 0.1) is 5.92 Å². The van der Waals surface area contributed by atoms with Crippen molar-refractivity contribution in [2.24, 2.45) is 5.92 Å². The number of nitrogens with one attached hydrogen (secondary N) is 1. The van der Waals surface area contributed by atoms with Crippen LogP contribution in [-0.4, -0.2) is 13.2 Å². The number of rotatable bonds is 6. The Kier molecular flexibility index (Phi) is 5.53. The van der Waals surface area contributed by atoms with Crippen molar-refractivity contribution in [3.8, 4) is 5.75 Å². The number of hydrogen-bond donors (Lipinski definition) is 1. The molecule has 1 aliphatic rings. The highest BCUT2D eigenvalue weighted by Gasteiger charge is 2.12. The van der Waals surface area contributed by atoms with Gasteiger partial charge in [-0.1, -0.05) is 37.5 Å². The third-order valence-electron chi connectivity index (χ3n) is 3.75. The highest BCUT2D eigenvalue weighted by Crippen LogP contribution is 2.23. The molecule has 2 rings (SSSR count). The van der Waals surface area contributed by atoms with Gasteiger partial charge in [0.05, 0.1) is 6.61 Å². The maximum atomic E-state index is 5.64. The lowest BCUT2D eigenvalue weighted by atomic mass is 9.89. The minimum Gasteiger partial charge on any atom is -0.494 e. The van der Waals surface area contributed by atoms with E-state index in [4.69, 9.17) is 4.74 Å². The third-order valence-corrected chi connectivity index (χ3v) is 3.75. The molecular weight excluding hydrogens is 222 g/mol. The molecule has 0 atom stereocenters. The van der Waals surface area contributed by atoms with Gasteiger partial charge in [-0.3, -0.25) is 0 Å². The fourth-order valence-electron chi connectivity index (χ4n) is 2.75. The summed E-state index contributed by atoms with van der Waals surface area (Å²) in [7, 11) is 0. The number of ether oxygens (including phenoxy) is 1. The van der Waals surface area contributed by atoms with E-state index in [1.165, 1.54) is 37.7 Å². The first-order valence-electron chi connectivity index (χ1n) is 7.31. The van der Waals surface area contributed by atoms with E-state index in [0.717, 1.165) is 31.4 Å². The van der Waals surface area contributed by atoms with Crippen molar-refractivity contribution >= 4 is 0 Å². The number of hydrogen-bond acceptors (Lipinski definition) is 2. The van der Waals surface area contributed by atoms with Gasteiger partial charge in [0.2, 0.25) is 0 Å². The lowest BCUT2D eigenvalue weighted by Gasteiger charge is -2.22. The van der Waals surface area contributed by atoms with E-state index in [0.29, 0.717) is 0 Å². The van der Waals surface area contributed by atoms with Crippen LogP contribution in [-0.2, 0) is 6.54 Å². The zero-order valence-corrected chi connectivity index (χ0v) is 11.5. The summed E-state index contributed by atoms with van der Waals surface area (Å²) in [6, 6.07) is 8.33. The van der Waals surface area contributed by atoms with Crippen LogP contribution in [0.4, 0.5) is 0 Å². The molecule has 1 N–H and O–H groups in total. The van der Waals surface area contributed by atoms with Gasteiger partial charge in [-0.25, -0.2) is 0 Å². The largest absolute Gasteiger partial charge is 0.494 e. The first kappa shape index (κ1) is 13.4. The van der Waals surface area contributed by atoms with Crippen molar-refractivity contribution in [3.05, 3.63) is 29.8 Å². The Hall–Kier alpha value is -1.02. The average molecular weight is 247 g/mol. The van der Waals surface area contributed by atoms with Crippen LogP contribution < -0.4 is 10.1 Å². The van der Waals surface area contributed by atoms with Crippen LogP contribution in [0.3, 0.4) is 0 Å². The summed E-state index contributed by atoms with van der Waals surface area (Å²) >= 11 is 0. The molecule has 0 spiro atoms. The Bertz CT molecular complexity index is 345. The molecule has 18 heavy (non-hydrogen) atoms. The Morgan fingerprint density at radius 1 is 1.17 bits per heavy atom. The van der Waals surface area contributed by atoms with Gasteiger partial charge in [0.1, 0.15) is 5.75 Å². The third kappa shape index (κ3) is 4.02. The molecule has 2 heteroatoms. The lowest BCUT2D eigenvalue weighted by molar-refractivity contribution is 0.328. The van der Waals surface area contributed by atoms with Crippen LogP contribution in [0.2, 0.25) is 0 Å². The topological polar surface area (TPSA) is 21.3 Å². The van der Waals surface area contributed by atoms with Crippen molar-refractivity contribution in [3.63, 3.8) is 0 Å². The SMILES string of the molecule is CCOc1ccccc1CNCC1CCCCC1. The lowest BCUT2D eigenvalue weighted by Crippen LogP contribution is -2.24. The molecule has 0 aliphatic heterocycles. The van der Waals surface area contributed by atoms with Gasteiger partial charge in [-0.15, -0.1) is 0 Å². The van der Waals surface area contributed by atoms with Gasteiger partial charge in [-0.2, -0.15) is 0 Å². The highest BCUT2D eigenvalue weighted by atomic mass is 16.5. The van der Waals surface area contributed by atoms with Crippen LogP contribution in [0.25, 0.3) is 0 Å². The minimum atomic E-state index is 0.736. The predicted octanol–water partition coefficient (Wildman–Crippen LogP) is 3.76. The smallest absolute Gasteiger partial charge is 0.123 e. The Balaban J connectivity index is 1.78. The van der Waals surface area contributed by atoms with Crippen LogP contribution in [0.5, 0.6) is 5.75 Å². The Labute approximate surface area is 111 Å². The number of benzene rings is 1. The second-order valence-electron chi connectivity index (χ2n) is 5.18. The molecule has 0 bridgehead atoms. The van der Waals surface area contributed by atoms with E-state index in [1.54, 1.807) is 0 Å². The van der Waals surface area contributed by atoms with Gasteiger partial charge in [-0.05, 0) is 38.3 Å². The zero-order valence-electron chi connectivity index (χ0n) is 11.5. The van der Waals surface area contributed by atoms with Crippen LogP contribution in [0.15, 0.2) is 24.3 Å². The van der Waals surface area contributed by atoms with E-state index >= 15 is 0 Å². The second kappa shape index (κ2) is 7.42. The molecule has 0 saturated heterocycles. The van der Waals surface area contributed by atoms with E-state index < -0.39 is 0 Å². The van der Waals surface area contributed by atoms with Crippen molar-refractivity contribution in [1.29, 1.82) is 0 Å². The Morgan fingerprint density at radius 3 is 2.72 bits per heavy atom. The quantitative estimate of drug-likeness (QED) is 0.826.